The van der Waals surface area contributed by atoms with Crippen molar-refractivity contribution in [2.75, 3.05) is 5.73 Å². The quantitative estimate of drug-likeness (QED) is 0.889. The lowest BCUT2D eigenvalue weighted by Gasteiger charge is -2.38. The molecule has 1 aliphatic carbocycles. The molecule has 3 N–H and O–H groups in total. The summed E-state index contributed by atoms with van der Waals surface area (Å²) in [5, 5.41) is 10.5. The van der Waals surface area contributed by atoms with Crippen molar-refractivity contribution in [1.82, 2.24) is 4.98 Å². The third-order valence-electron chi connectivity index (χ3n) is 4.91. The number of rotatable bonds is 3. The fraction of sp³-hybridized carbons (Fsp3) is 0.706. The predicted octanol–water partition coefficient (Wildman–Crippen LogP) is 3.42. The Kier molecular flexibility index (Phi) is 4.69. The molecule has 1 atom stereocenters. The molecule has 0 radical (unpaired) electrons. The van der Waals surface area contributed by atoms with Gasteiger partial charge in [0.05, 0.1) is 6.10 Å². The van der Waals surface area contributed by atoms with Gasteiger partial charge in [0.15, 0.2) is 0 Å². The summed E-state index contributed by atoms with van der Waals surface area (Å²) in [6.07, 6.45) is 8.53. The Bertz CT molecular complexity index is 431. The number of anilines is 1. The van der Waals surface area contributed by atoms with Crippen LogP contribution in [0.2, 0.25) is 0 Å². The number of pyridine rings is 1. The first-order valence-corrected chi connectivity index (χ1v) is 7.74. The molecule has 3 nitrogen and oxygen atoms in total. The van der Waals surface area contributed by atoms with Crippen molar-refractivity contribution < 1.29 is 5.11 Å². The maximum Gasteiger partial charge on any atom is 0.0610 e. The van der Waals surface area contributed by atoms with E-state index in [-0.39, 0.29) is 6.10 Å². The third kappa shape index (κ3) is 3.72. The van der Waals surface area contributed by atoms with E-state index in [1.807, 2.05) is 0 Å². The highest BCUT2D eigenvalue weighted by Gasteiger charge is 2.32. The maximum atomic E-state index is 10.5. The second kappa shape index (κ2) is 6.13. The number of aliphatic hydroxyl groups is 1. The summed E-state index contributed by atoms with van der Waals surface area (Å²) in [6, 6.07) is 1.80. The van der Waals surface area contributed by atoms with Crippen molar-refractivity contribution in [1.29, 1.82) is 0 Å². The topological polar surface area (TPSA) is 59.1 Å². The van der Waals surface area contributed by atoms with Crippen molar-refractivity contribution in [2.24, 2.45) is 17.3 Å². The monoisotopic (exact) mass is 276 g/mol. The van der Waals surface area contributed by atoms with E-state index in [4.69, 9.17) is 5.73 Å². The van der Waals surface area contributed by atoms with Crippen LogP contribution in [0.4, 0.5) is 5.69 Å². The van der Waals surface area contributed by atoms with Crippen LogP contribution in [0, 0.1) is 17.3 Å². The van der Waals surface area contributed by atoms with E-state index in [0.29, 0.717) is 17.8 Å². The molecule has 0 aromatic carbocycles. The molecule has 1 aromatic heterocycles. The van der Waals surface area contributed by atoms with E-state index in [1.165, 1.54) is 12.8 Å². The van der Waals surface area contributed by atoms with Crippen LogP contribution < -0.4 is 5.73 Å². The maximum absolute atomic E-state index is 10.5. The second-order valence-corrected chi connectivity index (χ2v) is 7.32. The van der Waals surface area contributed by atoms with E-state index in [9.17, 15) is 5.11 Å². The molecule has 1 aliphatic rings. The molecule has 112 valence electrons. The van der Waals surface area contributed by atoms with Gasteiger partial charge in [-0.3, -0.25) is 4.98 Å². The van der Waals surface area contributed by atoms with Gasteiger partial charge in [-0.15, -0.1) is 0 Å². The fourth-order valence-corrected chi connectivity index (χ4v) is 3.37. The van der Waals surface area contributed by atoms with E-state index < -0.39 is 0 Å². The minimum absolute atomic E-state index is 0.289. The van der Waals surface area contributed by atoms with Gasteiger partial charge in [-0.05, 0) is 54.6 Å². The summed E-state index contributed by atoms with van der Waals surface area (Å²) in [5.41, 5.74) is 8.03. The molecule has 0 bridgehead atoms. The highest BCUT2D eigenvalue weighted by Crippen LogP contribution is 2.41. The van der Waals surface area contributed by atoms with Crippen molar-refractivity contribution in [3.05, 3.63) is 24.0 Å². The minimum Gasteiger partial charge on any atom is -0.398 e. The summed E-state index contributed by atoms with van der Waals surface area (Å²) in [6.45, 7) is 6.97. The fourth-order valence-electron chi connectivity index (χ4n) is 3.37. The Hall–Kier alpha value is -1.09. The van der Waals surface area contributed by atoms with Crippen LogP contribution in [-0.2, 0) is 6.42 Å². The average molecular weight is 276 g/mol. The van der Waals surface area contributed by atoms with Crippen LogP contribution in [0.15, 0.2) is 18.5 Å². The Morgan fingerprint density at radius 1 is 1.30 bits per heavy atom. The Labute approximate surface area is 122 Å². The second-order valence-electron chi connectivity index (χ2n) is 7.32. The molecule has 20 heavy (non-hydrogen) atoms. The van der Waals surface area contributed by atoms with Crippen LogP contribution in [-0.4, -0.2) is 16.2 Å². The van der Waals surface area contributed by atoms with Crippen molar-refractivity contribution in [2.45, 2.75) is 59.0 Å². The highest BCUT2D eigenvalue weighted by molar-refractivity contribution is 5.44. The zero-order valence-electron chi connectivity index (χ0n) is 13.0. The summed E-state index contributed by atoms with van der Waals surface area (Å²) in [5.74, 6) is 1.20. The number of nitrogen functional groups attached to an aromatic ring is 1. The lowest BCUT2D eigenvalue weighted by atomic mass is 9.68. The zero-order valence-corrected chi connectivity index (χ0v) is 13.0. The standard InChI is InChI=1S/C17H28N2O/c1-17(2,3)14-6-4-12(5-7-14)16(20)10-13-11-19-9-8-15(13)18/h8-9,11-12,14,16,20H,4-7,10H2,1-3H3,(H2,18,19). The Morgan fingerprint density at radius 3 is 2.50 bits per heavy atom. The van der Waals surface area contributed by atoms with Crippen molar-refractivity contribution in [3.8, 4) is 0 Å². The van der Waals surface area contributed by atoms with Gasteiger partial charge in [-0.1, -0.05) is 20.8 Å². The summed E-state index contributed by atoms with van der Waals surface area (Å²) in [4.78, 5) is 4.10. The smallest absolute Gasteiger partial charge is 0.0610 e. The number of nitrogens with two attached hydrogens (primary N) is 1. The van der Waals surface area contributed by atoms with Crippen LogP contribution in [0.5, 0.6) is 0 Å². The number of hydrogen-bond acceptors (Lipinski definition) is 3. The van der Waals surface area contributed by atoms with E-state index in [0.717, 1.165) is 30.0 Å². The third-order valence-corrected chi connectivity index (χ3v) is 4.91. The first-order valence-electron chi connectivity index (χ1n) is 7.74. The molecular weight excluding hydrogens is 248 g/mol. The SMILES string of the molecule is CC(C)(C)C1CCC(C(O)Cc2cnccc2N)CC1. The normalized spacial score (nSPS) is 25.4. The number of nitrogens with zero attached hydrogens (tertiary/aromatic N) is 1. The number of aliphatic hydroxyl groups excluding tert-OH is 1. The van der Waals surface area contributed by atoms with E-state index in [2.05, 4.69) is 25.8 Å². The first kappa shape index (κ1) is 15.3. The van der Waals surface area contributed by atoms with Crippen LogP contribution >= 0.6 is 0 Å². The summed E-state index contributed by atoms with van der Waals surface area (Å²) in [7, 11) is 0. The van der Waals surface area contributed by atoms with Crippen molar-refractivity contribution >= 4 is 5.69 Å². The molecule has 3 heteroatoms. The van der Waals surface area contributed by atoms with Gasteiger partial charge in [-0.25, -0.2) is 0 Å². The molecule has 0 spiro atoms. The van der Waals surface area contributed by atoms with Gasteiger partial charge in [0, 0.05) is 24.5 Å². The van der Waals surface area contributed by atoms with Gasteiger partial charge < -0.3 is 10.8 Å². The lowest BCUT2D eigenvalue weighted by Crippen LogP contribution is -2.31. The van der Waals surface area contributed by atoms with E-state index >= 15 is 0 Å². The zero-order chi connectivity index (χ0) is 14.8. The summed E-state index contributed by atoms with van der Waals surface area (Å²) < 4.78 is 0. The predicted molar refractivity (Wildman–Crippen MR) is 83.3 cm³/mol. The number of aromatic nitrogens is 1. The van der Waals surface area contributed by atoms with Crippen LogP contribution in [0.3, 0.4) is 0 Å². The molecular formula is C17H28N2O. The van der Waals surface area contributed by atoms with Crippen LogP contribution in [0.25, 0.3) is 0 Å². The first-order chi connectivity index (χ1) is 9.38. The molecule has 1 saturated carbocycles. The molecule has 1 aromatic rings. The van der Waals surface area contributed by atoms with Crippen LogP contribution in [0.1, 0.15) is 52.0 Å². The summed E-state index contributed by atoms with van der Waals surface area (Å²) >= 11 is 0. The molecule has 2 rings (SSSR count). The van der Waals surface area contributed by atoms with Gasteiger partial charge in [0.1, 0.15) is 0 Å². The van der Waals surface area contributed by atoms with Gasteiger partial charge in [0.25, 0.3) is 0 Å². The molecule has 1 unspecified atom stereocenters. The minimum atomic E-state index is -0.289. The van der Waals surface area contributed by atoms with Crippen molar-refractivity contribution in [3.63, 3.8) is 0 Å². The Balaban J connectivity index is 1.89. The van der Waals surface area contributed by atoms with Gasteiger partial charge in [-0.2, -0.15) is 0 Å². The highest BCUT2D eigenvalue weighted by atomic mass is 16.3. The molecule has 0 saturated heterocycles. The number of hydrogen-bond donors (Lipinski definition) is 2. The largest absolute Gasteiger partial charge is 0.398 e. The Morgan fingerprint density at radius 2 is 1.95 bits per heavy atom. The average Bonchev–Trinajstić information content (AvgIpc) is 2.40. The van der Waals surface area contributed by atoms with E-state index in [1.54, 1.807) is 18.5 Å². The molecule has 0 amide bonds. The lowest BCUT2D eigenvalue weighted by molar-refractivity contribution is 0.0537. The molecule has 0 aliphatic heterocycles. The molecule has 1 fully saturated rings. The molecule has 1 heterocycles. The van der Waals surface area contributed by atoms with Gasteiger partial charge >= 0.3 is 0 Å². The van der Waals surface area contributed by atoms with Gasteiger partial charge in [0.2, 0.25) is 0 Å².